The van der Waals surface area contributed by atoms with Gasteiger partial charge in [-0.25, -0.2) is 0 Å². The molecule has 1 aromatic carbocycles. The molecule has 2 N–H and O–H groups in total. The molecule has 0 spiro atoms. The number of benzene rings is 1. The Kier molecular flexibility index (Phi) is 3.36. The minimum absolute atomic E-state index is 0.158. The van der Waals surface area contributed by atoms with E-state index in [4.69, 9.17) is 0 Å². The Bertz CT molecular complexity index is 497. The lowest BCUT2D eigenvalue weighted by Gasteiger charge is -2.13. The maximum atomic E-state index is 12.0. The average Bonchev–Trinajstić information content (AvgIpc) is 2.70. The quantitative estimate of drug-likeness (QED) is 0.836. The summed E-state index contributed by atoms with van der Waals surface area (Å²) < 4.78 is 0. The fourth-order valence-corrected chi connectivity index (χ4v) is 2.24. The van der Waals surface area contributed by atoms with Crippen molar-refractivity contribution in [3.8, 4) is 0 Å². The van der Waals surface area contributed by atoms with Crippen LogP contribution < -0.4 is 10.6 Å². The number of anilines is 1. The van der Waals surface area contributed by atoms with Crippen molar-refractivity contribution in [2.45, 2.75) is 33.7 Å². The van der Waals surface area contributed by atoms with E-state index in [0.717, 1.165) is 16.8 Å². The van der Waals surface area contributed by atoms with E-state index >= 15 is 0 Å². The first-order valence-corrected chi connectivity index (χ1v) is 6.17. The number of nitrogens with one attached hydrogen (secondary N) is 2. The van der Waals surface area contributed by atoms with E-state index in [1.54, 1.807) is 0 Å². The molecule has 18 heavy (non-hydrogen) atoms. The van der Waals surface area contributed by atoms with Gasteiger partial charge < -0.3 is 10.6 Å². The fraction of sp³-hybridized carbons (Fsp3) is 0.429. The van der Waals surface area contributed by atoms with Gasteiger partial charge in [-0.2, -0.15) is 0 Å². The first-order valence-electron chi connectivity index (χ1n) is 6.17. The Hall–Kier alpha value is -1.84. The molecular weight excluding hydrogens is 226 g/mol. The molecule has 1 aliphatic rings. The van der Waals surface area contributed by atoms with E-state index < -0.39 is 0 Å². The van der Waals surface area contributed by atoms with Gasteiger partial charge in [0.1, 0.15) is 0 Å². The van der Waals surface area contributed by atoms with Gasteiger partial charge in [0.2, 0.25) is 0 Å². The smallest absolute Gasteiger partial charge is 0.290 e. The number of carbonyl (C=O) groups is 1. The Morgan fingerprint density at radius 3 is 2.44 bits per heavy atom. The van der Waals surface area contributed by atoms with Gasteiger partial charge in [0.05, 0.1) is 6.54 Å². The van der Waals surface area contributed by atoms with E-state index in [9.17, 15) is 4.79 Å². The number of aryl methyl sites for hydroxylation is 3. The normalized spacial score (nSPS) is 18.2. The van der Waals surface area contributed by atoms with Gasteiger partial charge in [-0.15, -0.1) is 0 Å². The van der Waals surface area contributed by atoms with Crippen LogP contribution in [0.2, 0.25) is 0 Å². The monoisotopic (exact) mass is 245 g/mol. The molecule has 1 atom stereocenters. The molecule has 1 aromatic rings. The number of aliphatic imine (C=N–C) groups is 1. The van der Waals surface area contributed by atoms with E-state index in [-0.39, 0.29) is 11.9 Å². The number of amides is 1. The van der Waals surface area contributed by atoms with Crippen molar-refractivity contribution in [3.05, 3.63) is 28.8 Å². The van der Waals surface area contributed by atoms with E-state index in [2.05, 4.69) is 34.7 Å². The fourth-order valence-electron chi connectivity index (χ4n) is 2.24. The predicted molar refractivity (Wildman–Crippen MR) is 74.2 cm³/mol. The molecule has 2 rings (SSSR count). The highest BCUT2D eigenvalue weighted by molar-refractivity contribution is 6.42. The Morgan fingerprint density at radius 1 is 1.33 bits per heavy atom. The van der Waals surface area contributed by atoms with Crippen molar-refractivity contribution >= 4 is 17.4 Å². The van der Waals surface area contributed by atoms with Crippen LogP contribution in [-0.2, 0) is 4.79 Å². The van der Waals surface area contributed by atoms with Crippen LogP contribution in [0.1, 0.15) is 23.6 Å². The van der Waals surface area contributed by atoms with Gasteiger partial charge in [0.15, 0.2) is 5.84 Å². The highest BCUT2D eigenvalue weighted by Crippen LogP contribution is 2.21. The van der Waals surface area contributed by atoms with Crippen LogP contribution in [0.15, 0.2) is 17.1 Å². The highest BCUT2D eigenvalue weighted by atomic mass is 16.2. The van der Waals surface area contributed by atoms with Crippen molar-refractivity contribution in [2.75, 3.05) is 11.9 Å². The molecule has 0 saturated carbocycles. The van der Waals surface area contributed by atoms with Crippen molar-refractivity contribution in [1.82, 2.24) is 5.32 Å². The minimum Gasteiger partial charge on any atom is -0.361 e. The number of rotatable bonds is 2. The Morgan fingerprint density at radius 2 is 1.94 bits per heavy atom. The standard InChI is InChI=1S/C14H19N3O/c1-8-5-9(2)12(10(3)6-8)17-14(18)13-15-7-11(4)16-13/h5-6,11H,7H2,1-4H3,(H,15,16)(H,17,18). The molecule has 4 nitrogen and oxygen atoms in total. The summed E-state index contributed by atoms with van der Waals surface area (Å²) in [6.45, 7) is 8.72. The van der Waals surface area contributed by atoms with Gasteiger partial charge in [-0.1, -0.05) is 17.7 Å². The highest BCUT2D eigenvalue weighted by Gasteiger charge is 2.20. The summed E-state index contributed by atoms with van der Waals surface area (Å²) in [5.41, 5.74) is 4.24. The van der Waals surface area contributed by atoms with Crippen LogP contribution in [0.4, 0.5) is 5.69 Å². The number of hydrogen-bond acceptors (Lipinski definition) is 3. The third kappa shape index (κ3) is 2.53. The molecule has 1 aliphatic heterocycles. The van der Waals surface area contributed by atoms with Crippen LogP contribution in [0, 0.1) is 20.8 Å². The van der Waals surface area contributed by atoms with Gasteiger partial charge in [-0.05, 0) is 38.8 Å². The molecule has 0 aromatic heterocycles. The van der Waals surface area contributed by atoms with Crippen LogP contribution in [0.5, 0.6) is 0 Å². The third-order valence-electron chi connectivity index (χ3n) is 3.04. The van der Waals surface area contributed by atoms with Gasteiger partial charge in [0, 0.05) is 11.7 Å². The molecule has 0 radical (unpaired) electrons. The maximum Gasteiger partial charge on any atom is 0.290 e. The van der Waals surface area contributed by atoms with Crippen molar-refractivity contribution in [1.29, 1.82) is 0 Å². The lowest BCUT2D eigenvalue weighted by molar-refractivity contribution is -0.110. The minimum atomic E-state index is -0.158. The van der Waals surface area contributed by atoms with Crippen LogP contribution >= 0.6 is 0 Å². The maximum absolute atomic E-state index is 12.0. The summed E-state index contributed by atoms with van der Waals surface area (Å²) in [6.07, 6.45) is 0. The molecule has 0 fully saturated rings. The number of nitrogens with zero attached hydrogens (tertiary/aromatic N) is 1. The zero-order chi connectivity index (χ0) is 13.3. The van der Waals surface area contributed by atoms with E-state index in [1.807, 2.05) is 20.8 Å². The van der Waals surface area contributed by atoms with E-state index in [0.29, 0.717) is 12.4 Å². The molecule has 96 valence electrons. The van der Waals surface area contributed by atoms with Gasteiger partial charge in [-0.3, -0.25) is 9.79 Å². The lowest BCUT2D eigenvalue weighted by Crippen LogP contribution is -2.36. The first-order chi connectivity index (χ1) is 8.47. The molecule has 1 amide bonds. The molecule has 0 bridgehead atoms. The molecule has 1 unspecified atom stereocenters. The summed E-state index contributed by atoms with van der Waals surface area (Å²) >= 11 is 0. The average molecular weight is 245 g/mol. The number of amidine groups is 1. The summed E-state index contributed by atoms with van der Waals surface area (Å²) in [5.74, 6) is 0.274. The topological polar surface area (TPSA) is 53.5 Å². The Labute approximate surface area is 108 Å². The van der Waals surface area contributed by atoms with Crippen LogP contribution in [0.25, 0.3) is 0 Å². The third-order valence-corrected chi connectivity index (χ3v) is 3.04. The first kappa shape index (κ1) is 12.6. The predicted octanol–water partition coefficient (Wildman–Crippen LogP) is 1.94. The molecule has 0 saturated heterocycles. The molecule has 1 heterocycles. The second-order valence-corrected chi connectivity index (χ2v) is 4.96. The van der Waals surface area contributed by atoms with Crippen LogP contribution in [-0.4, -0.2) is 24.3 Å². The summed E-state index contributed by atoms with van der Waals surface area (Å²) in [6, 6.07) is 4.37. The zero-order valence-electron chi connectivity index (χ0n) is 11.3. The number of carbonyl (C=O) groups excluding carboxylic acids is 1. The summed E-state index contributed by atoms with van der Waals surface area (Å²) in [5, 5.41) is 6.00. The van der Waals surface area contributed by atoms with Crippen molar-refractivity contribution in [2.24, 2.45) is 4.99 Å². The molecule has 4 heteroatoms. The largest absolute Gasteiger partial charge is 0.361 e. The van der Waals surface area contributed by atoms with Gasteiger partial charge in [0.25, 0.3) is 5.91 Å². The molecule has 0 aliphatic carbocycles. The zero-order valence-corrected chi connectivity index (χ0v) is 11.3. The van der Waals surface area contributed by atoms with Crippen molar-refractivity contribution in [3.63, 3.8) is 0 Å². The lowest BCUT2D eigenvalue weighted by atomic mass is 10.1. The summed E-state index contributed by atoms with van der Waals surface area (Å²) in [4.78, 5) is 16.2. The van der Waals surface area contributed by atoms with Crippen molar-refractivity contribution < 1.29 is 4.79 Å². The Balaban J connectivity index is 2.17. The van der Waals surface area contributed by atoms with E-state index in [1.165, 1.54) is 5.56 Å². The second kappa shape index (κ2) is 4.80. The summed E-state index contributed by atoms with van der Waals surface area (Å²) in [7, 11) is 0. The second-order valence-electron chi connectivity index (χ2n) is 4.96. The van der Waals surface area contributed by atoms with Crippen LogP contribution in [0.3, 0.4) is 0 Å². The number of hydrogen-bond donors (Lipinski definition) is 2. The molecular formula is C14H19N3O. The van der Waals surface area contributed by atoms with Gasteiger partial charge >= 0.3 is 0 Å². The SMILES string of the molecule is Cc1cc(C)c(NC(=O)C2=NCC(C)N2)c(C)c1.